The summed E-state index contributed by atoms with van der Waals surface area (Å²) in [7, 11) is 0. The van der Waals surface area contributed by atoms with E-state index >= 15 is 0 Å². The number of hydrogen-bond donors (Lipinski definition) is 1. The first kappa shape index (κ1) is 17.2. The number of fused-ring (bicyclic) bond motifs is 1. The number of anilines is 1. The Morgan fingerprint density at radius 2 is 1.76 bits per heavy atom. The molecule has 3 rings (SSSR count). The van der Waals surface area contributed by atoms with Crippen LogP contribution in [0.5, 0.6) is 0 Å². The normalized spacial score (nSPS) is 12.6. The van der Waals surface area contributed by atoms with Crippen molar-refractivity contribution in [3.8, 4) is 0 Å². The lowest BCUT2D eigenvalue weighted by Crippen LogP contribution is -2.22. The Hall–Kier alpha value is -2.62. The van der Waals surface area contributed by atoms with Crippen molar-refractivity contribution < 1.29 is 14.3 Å². The topological polar surface area (TPSA) is 55.4 Å². The van der Waals surface area contributed by atoms with Gasteiger partial charge in [-0.1, -0.05) is 36.4 Å². The van der Waals surface area contributed by atoms with Crippen LogP contribution >= 0.6 is 0 Å². The van der Waals surface area contributed by atoms with Crippen molar-refractivity contribution in [3.05, 3.63) is 64.2 Å². The number of hydrogen-bond acceptors (Lipinski definition) is 3. The van der Waals surface area contributed by atoms with Gasteiger partial charge in [-0.3, -0.25) is 9.59 Å². The quantitative estimate of drug-likeness (QED) is 0.850. The minimum atomic E-state index is -0.380. The van der Waals surface area contributed by atoms with Crippen molar-refractivity contribution in [2.45, 2.75) is 39.5 Å². The van der Waals surface area contributed by atoms with Gasteiger partial charge in [0.15, 0.2) is 6.61 Å². The molecule has 0 bridgehead atoms. The van der Waals surface area contributed by atoms with Crippen molar-refractivity contribution in [2.24, 2.45) is 0 Å². The van der Waals surface area contributed by atoms with Gasteiger partial charge < -0.3 is 10.1 Å². The maximum atomic E-state index is 12.0. The fraction of sp³-hybridized carbons (Fsp3) is 0.333. The van der Waals surface area contributed by atoms with Crippen LogP contribution in [0.4, 0.5) is 5.69 Å². The Kier molecular flexibility index (Phi) is 5.17. The zero-order valence-corrected chi connectivity index (χ0v) is 14.7. The van der Waals surface area contributed by atoms with Crippen LogP contribution in [0.15, 0.2) is 36.4 Å². The van der Waals surface area contributed by atoms with Gasteiger partial charge in [0.1, 0.15) is 0 Å². The van der Waals surface area contributed by atoms with E-state index in [0.29, 0.717) is 0 Å². The molecule has 1 N–H and O–H groups in total. The van der Waals surface area contributed by atoms with Crippen LogP contribution in [0, 0.1) is 13.8 Å². The van der Waals surface area contributed by atoms with Gasteiger partial charge in [-0.05, 0) is 60.9 Å². The maximum Gasteiger partial charge on any atom is 0.310 e. The first-order chi connectivity index (χ1) is 12.0. The van der Waals surface area contributed by atoms with E-state index in [4.69, 9.17) is 4.74 Å². The average molecular weight is 337 g/mol. The minimum absolute atomic E-state index is 0.198. The molecule has 4 heteroatoms. The van der Waals surface area contributed by atoms with Crippen LogP contribution in [0.3, 0.4) is 0 Å². The third-order valence-corrected chi connectivity index (χ3v) is 4.62. The summed E-state index contributed by atoms with van der Waals surface area (Å²) < 4.78 is 5.13. The number of carbonyl (C=O) groups excluding carboxylic acids is 2. The summed E-state index contributed by atoms with van der Waals surface area (Å²) in [6.45, 7) is 3.60. The molecule has 0 unspecified atom stereocenters. The third kappa shape index (κ3) is 4.27. The lowest BCUT2D eigenvalue weighted by molar-refractivity contribution is -0.146. The second-order valence-electron chi connectivity index (χ2n) is 6.61. The molecular formula is C21H23NO3. The number of amides is 1. The van der Waals surface area contributed by atoms with E-state index in [0.717, 1.165) is 35.2 Å². The van der Waals surface area contributed by atoms with E-state index in [9.17, 15) is 9.59 Å². The number of ether oxygens (including phenoxy) is 1. The van der Waals surface area contributed by atoms with Gasteiger partial charge in [0.05, 0.1) is 6.42 Å². The highest BCUT2D eigenvalue weighted by Crippen LogP contribution is 2.23. The summed E-state index contributed by atoms with van der Waals surface area (Å²) in [6.07, 6.45) is 3.58. The maximum absolute atomic E-state index is 12.0. The second-order valence-corrected chi connectivity index (χ2v) is 6.61. The Balaban J connectivity index is 1.51. The highest BCUT2D eigenvalue weighted by molar-refractivity contribution is 5.94. The molecule has 0 heterocycles. The summed E-state index contributed by atoms with van der Waals surface area (Å²) >= 11 is 0. The molecule has 1 aliphatic rings. The van der Waals surface area contributed by atoms with E-state index in [1.807, 2.05) is 38.1 Å². The second kappa shape index (κ2) is 7.51. The van der Waals surface area contributed by atoms with Gasteiger partial charge >= 0.3 is 5.97 Å². The van der Waals surface area contributed by atoms with Crippen LogP contribution < -0.4 is 5.32 Å². The van der Waals surface area contributed by atoms with Crippen LogP contribution in [0.2, 0.25) is 0 Å². The summed E-state index contributed by atoms with van der Waals surface area (Å²) in [6, 6.07) is 12.0. The predicted octanol–water partition coefficient (Wildman–Crippen LogP) is 3.52. The highest BCUT2D eigenvalue weighted by atomic mass is 16.5. The molecule has 2 aromatic carbocycles. The van der Waals surface area contributed by atoms with Crippen LogP contribution in [-0.2, 0) is 33.6 Å². The van der Waals surface area contributed by atoms with Gasteiger partial charge in [0, 0.05) is 5.69 Å². The average Bonchev–Trinajstić information content (AvgIpc) is 3.04. The van der Waals surface area contributed by atoms with E-state index < -0.39 is 0 Å². The van der Waals surface area contributed by atoms with Gasteiger partial charge in [0.2, 0.25) is 0 Å². The largest absolute Gasteiger partial charge is 0.455 e. The Labute approximate surface area is 148 Å². The predicted molar refractivity (Wildman–Crippen MR) is 97.7 cm³/mol. The van der Waals surface area contributed by atoms with Crippen molar-refractivity contribution >= 4 is 17.6 Å². The molecule has 25 heavy (non-hydrogen) atoms. The number of carbonyl (C=O) groups is 2. The molecule has 1 amide bonds. The summed E-state index contributed by atoms with van der Waals surface area (Å²) in [5.41, 5.74) is 6.40. The van der Waals surface area contributed by atoms with Crippen molar-refractivity contribution in [2.75, 3.05) is 11.9 Å². The molecule has 0 spiro atoms. The monoisotopic (exact) mass is 337 g/mol. The molecule has 130 valence electrons. The molecular weight excluding hydrogens is 314 g/mol. The number of nitrogens with one attached hydrogen (secondary N) is 1. The molecule has 4 nitrogen and oxygen atoms in total. The molecule has 1 aliphatic carbocycles. The van der Waals surface area contributed by atoms with E-state index in [1.165, 1.54) is 17.5 Å². The lowest BCUT2D eigenvalue weighted by Gasteiger charge is -2.11. The number of esters is 1. The molecule has 0 saturated heterocycles. The van der Waals surface area contributed by atoms with Gasteiger partial charge in [-0.25, -0.2) is 0 Å². The summed E-state index contributed by atoms with van der Waals surface area (Å²) in [4.78, 5) is 24.0. The summed E-state index contributed by atoms with van der Waals surface area (Å²) in [5, 5.41) is 2.82. The standard InChI is InChI=1S/C21H23NO3/c1-14-5-3-6-15(2)21(14)22-19(23)13-25-20(24)12-16-9-10-17-7-4-8-18(17)11-16/h3,5-6,9-11H,4,7-8,12-13H2,1-2H3,(H,22,23). The van der Waals surface area contributed by atoms with Crippen molar-refractivity contribution in [1.82, 2.24) is 0 Å². The van der Waals surface area contributed by atoms with E-state index in [2.05, 4.69) is 17.4 Å². The number of para-hydroxylation sites is 1. The zero-order chi connectivity index (χ0) is 17.8. The minimum Gasteiger partial charge on any atom is -0.455 e. The van der Waals surface area contributed by atoms with Crippen LogP contribution in [0.25, 0.3) is 0 Å². The van der Waals surface area contributed by atoms with Gasteiger partial charge in [0.25, 0.3) is 5.91 Å². The molecule has 2 aromatic rings. The SMILES string of the molecule is Cc1cccc(C)c1NC(=O)COC(=O)Cc1ccc2c(c1)CCC2. The smallest absolute Gasteiger partial charge is 0.310 e. The Bertz CT molecular complexity index is 791. The van der Waals surface area contributed by atoms with E-state index in [-0.39, 0.29) is 24.9 Å². The molecule has 0 atom stereocenters. The van der Waals surface area contributed by atoms with Gasteiger partial charge in [-0.2, -0.15) is 0 Å². The fourth-order valence-electron chi connectivity index (χ4n) is 3.29. The Morgan fingerprint density at radius 3 is 2.52 bits per heavy atom. The fourth-order valence-corrected chi connectivity index (χ4v) is 3.29. The lowest BCUT2D eigenvalue weighted by atomic mass is 10.0. The summed E-state index contributed by atoms with van der Waals surface area (Å²) in [5.74, 6) is -0.700. The van der Waals surface area contributed by atoms with E-state index in [1.54, 1.807) is 0 Å². The highest BCUT2D eigenvalue weighted by Gasteiger charge is 2.14. The molecule has 0 radical (unpaired) electrons. The first-order valence-corrected chi connectivity index (χ1v) is 8.65. The van der Waals surface area contributed by atoms with Crippen molar-refractivity contribution in [3.63, 3.8) is 0 Å². The zero-order valence-electron chi connectivity index (χ0n) is 14.7. The van der Waals surface area contributed by atoms with Gasteiger partial charge in [-0.15, -0.1) is 0 Å². The molecule has 0 aliphatic heterocycles. The van der Waals surface area contributed by atoms with Crippen LogP contribution in [-0.4, -0.2) is 18.5 Å². The number of aryl methyl sites for hydroxylation is 4. The number of rotatable bonds is 5. The Morgan fingerprint density at radius 1 is 1.04 bits per heavy atom. The molecule has 0 saturated carbocycles. The molecule has 0 aromatic heterocycles. The first-order valence-electron chi connectivity index (χ1n) is 8.65. The molecule has 0 fully saturated rings. The van der Waals surface area contributed by atoms with Crippen LogP contribution in [0.1, 0.15) is 34.2 Å². The third-order valence-electron chi connectivity index (χ3n) is 4.62. The van der Waals surface area contributed by atoms with Crippen molar-refractivity contribution in [1.29, 1.82) is 0 Å². The number of benzene rings is 2.